The van der Waals surface area contributed by atoms with Gasteiger partial charge in [-0.2, -0.15) is 4.39 Å². The number of methoxy groups -OCH3 is 2. The quantitative estimate of drug-likeness (QED) is 0.574. The summed E-state index contributed by atoms with van der Waals surface area (Å²) in [6.07, 6.45) is 1.46. The van der Waals surface area contributed by atoms with E-state index in [0.717, 1.165) is 0 Å². The van der Waals surface area contributed by atoms with E-state index in [1.807, 2.05) is 0 Å². The van der Waals surface area contributed by atoms with Crippen LogP contribution < -0.4 is 9.47 Å². The van der Waals surface area contributed by atoms with Gasteiger partial charge in [-0.25, -0.2) is 19.3 Å². The van der Waals surface area contributed by atoms with Crippen molar-refractivity contribution in [3.63, 3.8) is 0 Å². The van der Waals surface area contributed by atoms with Crippen LogP contribution in [0.1, 0.15) is 5.56 Å². The molecule has 138 valence electrons. The second-order valence-corrected chi connectivity index (χ2v) is 6.68. The van der Waals surface area contributed by atoms with Crippen molar-refractivity contribution in [2.45, 2.75) is 6.61 Å². The van der Waals surface area contributed by atoms with Crippen LogP contribution in [-0.4, -0.2) is 34.3 Å². The van der Waals surface area contributed by atoms with Gasteiger partial charge in [-0.3, -0.25) is 0 Å². The zero-order valence-electron chi connectivity index (χ0n) is 14.3. The molecule has 6 nitrogen and oxygen atoms in total. The lowest BCUT2D eigenvalue weighted by Crippen LogP contribution is -1.95. The van der Waals surface area contributed by atoms with Crippen LogP contribution in [0.5, 0.6) is 11.6 Å². The van der Waals surface area contributed by atoms with Crippen LogP contribution in [0.2, 0.25) is 0 Å². The van der Waals surface area contributed by atoms with Crippen molar-refractivity contribution in [1.82, 2.24) is 15.0 Å². The van der Waals surface area contributed by atoms with Gasteiger partial charge in [-0.05, 0) is 17.7 Å². The summed E-state index contributed by atoms with van der Waals surface area (Å²) in [6, 6.07) is 4.79. The Morgan fingerprint density at radius 3 is 2.56 bits per heavy atom. The number of fused-ring (bicyclic) bond motifs is 2. The maximum absolute atomic E-state index is 14.3. The summed E-state index contributed by atoms with van der Waals surface area (Å²) in [4.78, 5) is 12.9. The van der Waals surface area contributed by atoms with Crippen molar-refractivity contribution < 1.29 is 23.4 Å². The van der Waals surface area contributed by atoms with Crippen LogP contribution in [0.15, 0.2) is 24.4 Å². The molecule has 0 aliphatic rings. The molecular weight excluding hydrogens is 376 g/mol. The molecule has 4 aromatic rings. The van der Waals surface area contributed by atoms with Crippen LogP contribution in [0, 0.1) is 11.6 Å². The molecule has 27 heavy (non-hydrogen) atoms. The monoisotopic (exact) mass is 389 g/mol. The van der Waals surface area contributed by atoms with Crippen molar-refractivity contribution in [2.75, 3.05) is 14.2 Å². The summed E-state index contributed by atoms with van der Waals surface area (Å²) < 4.78 is 38.7. The number of thiazole rings is 1. The summed E-state index contributed by atoms with van der Waals surface area (Å²) in [5.74, 6) is -2.01. The molecule has 0 unspecified atom stereocenters. The van der Waals surface area contributed by atoms with E-state index in [4.69, 9.17) is 9.47 Å². The standard InChI is InChI=1S/C18H13F2N3O3S/c1-25-11-5-12-17(15(20)14(11)19)23-18(27-12)9-3-8(7-24)4-10-16(9)21-6-13(22-10)26-2/h3-6,24H,7H2,1-2H3. The topological polar surface area (TPSA) is 77.4 Å². The van der Waals surface area contributed by atoms with Crippen LogP contribution >= 0.6 is 11.3 Å². The van der Waals surface area contributed by atoms with Crippen LogP contribution in [0.25, 0.3) is 31.8 Å². The average Bonchev–Trinajstić information content (AvgIpc) is 3.13. The minimum absolute atomic E-state index is 0.0858. The van der Waals surface area contributed by atoms with Crippen molar-refractivity contribution in [2.24, 2.45) is 0 Å². The molecule has 2 aromatic carbocycles. The zero-order chi connectivity index (χ0) is 19.1. The third-order valence-electron chi connectivity index (χ3n) is 4.06. The van der Waals surface area contributed by atoms with Gasteiger partial charge in [0.05, 0.1) is 42.8 Å². The highest BCUT2D eigenvalue weighted by atomic mass is 32.1. The predicted octanol–water partition coefficient (Wildman–Crippen LogP) is 3.69. The first kappa shape index (κ1) is 17.5. The number of nitrogens with zero attached hydrogens (tertiary/aromatic N) is 3. The number of hydrogen-bond acceptors (Lipinski definition) is 7. The number of halogens is 2. The summed E-state index contributed by atoms with van der Waals surface area (Å²) in [5.41, 5.74) is 2.08. The molecule has 0 aliphatic carbocycles. The molecule has 0 saturated carbocycles. The second kappa shape index (κ2) is 6.67. The number of aliphatic hydroxyl groups is 1. The third-order valence-corrected chi connectivity index (χ3v) is 5.09. The lowest BCUT2D eigenvalue weighted by Gasteiger charge is -2.07. The Morgan fingerprint density at radius 2 is 1.85 bits per heavy atom. The number of rotatable bonds is 4. The van der Waals surface area contributed by atoms with E-state index >= 15 is 0 Å². The van der Waals surface area contributed by atoms with Crippen LogP contribution in [-0.2, 0) is 6.61 Å². The number of aromatic nitrogens is 3. The first-order valence-electron chi connectivity index (χ1n) is 7.83. The maximum atomic E-state index is 14.3. The third kappa shape index (κ3) is 2.84. The largest absolute Gasteiger partial charge is 0.494 e. The van der Waals surface area contributed by atoms with E-state index in [1.165, 1.54) is 37.8 Å². The number of ether oxygens (including phenoxy) is 2. The van der Waals surface area contributed by atoms with Gasteiger partial charge in [0.1, 0.15) is 10.5 Å². The molecular formula is C18H13F2N3O3S. The summed E-state index contributed by atoms with van der Waals surface area (Å²) in [5, 5.41) is 9.99. The SMILES string of the molecule is COc1cnc2c(-c3nc4c(F)c(F)c(OC)cc4s3)cc(CO)cc2n1. The highest BCUT2D eigenvalue weighted by Gasteiger charge is 2.20. The van der Waals surface area contributed by atoms with E-state index in [0.29, 0.717) is 37.7 Å². The fraction of sp³-hybridized carbons (Fsp3) is 0.167. The molecule has 2 heterocycles. The molecule has 2 aromatic heterocycles. The summed E-state index contributed by atoms with van der Waals surface area (Å²) in [7, 11) is 2.75. The Morgan fingerprint density at radius 1 is 1.04 bits per heavy atom. The van der Waals surface area contributed by atoms with Crippen molar-refractivity contribution >= 4 is 32.6 Å². The van der Waals surface area contributed by atoms with Gasteiger partial charge in [0, 0.05) is 11.6 Å². The molecule has 0 radical (unpaired) electrons. The fourth-order valence-corrected chi connectivity index (χ4v) is 3.77. The second-order valence-electron chi connectivity index (χ2n) is 5.65. The van der Waals surface area contributed by atoms with E-state index in [-0.39, 0.29) is 17.9 Å². The highest BCUT2D eigenvalue weighted by Crippen LogP contribution is 2.38. The number of benzene rings is 2. The van der Waals surface area contributed by atoms with Crippen molar-refractivity contribution in [3.05, 3.63) is 41.6 Å². The van der Waals surface area contributed by atoms with Gasteiger partial charge >= 0.3 is 0 Å². The predicted molar refractivity (Wildman–Crippen MR) is 97.1 cm³/mol. The van der Waals surface area contributed by atoms with E-state index in [1.54, 1.807) is 12.1 Å². The molecule has 0 aliphatic heterocycles. The van der Waals surface area contributed by atoms with Gasteiger partial charge < -0.3 is 14.6 Å². The van der Waals surface area contributed by atoms with Gasteiger partial charge in [0.25, 0.3) is 0 Å². The van der Waals surface area contributed by atoms with Gasteiger partial charge in [0.15, 0.2) is 11.6 Å². The van der Waals surface area contributed by atoms with Crippen LogP contribution in [0.3, 0.4) is 0 Å². The highest BCUT2D eigenvalue weighted by molar-refractivity contribution is 7.21. The molecule has 0 spiro atoms. The Labute approximate surface area is 156 Å². The number of aliphatic hydroxyl groups excluding tert-OH is 1. The average molecular weight is 389 g/mol. The minimum atomic E-state index is -1.08. The first-order chi connectivity index (χ1) is 13.0. The first-order valence-corrected chi connectivity index (χ1v) is 8.64. The fourth-order valence-electron chi connectivity index (χ4n) is 2.76. The lowest BCUT2D eigenvalue weighted by atomic mass is 10.1. The van der Waals surface area contributed by atoms with E-state index in [9.17, 15) is 13.9 Å². The Hall–Kier alpha value is -2.91. The lowest BCUT2D eigenvalue weighted by molar-refractivity contribution is 0.282. The van der Waals surface area contributed by atoms with Gasteiger partial charge in [-0.15, -0.1) is 11.3 Å². The zero-order valence-corrected chi connectivity index (χ0v) is 15.1. The van der Waals surface area contributed by atoms with Gasteiger partial charge in [-0.1, -0.05) is 0 Å². The van der Waals surface area contributed by atoms with Crippen LogP contribution in [0.4, 0.5) is 8.78 Å². The van der Waals surface area contributed by atoms with E-state index < -0.39 is 11.6 Å². The Kier molecular flexibility index (Phi) is 4.33. The molecule has 9 heteroatoms. The Bertz CT molecular complexity index is 1170. The molecule has 0 atom stereocenters. The molecule has 0 fully saturated rings. The summed E-state index contributed by atoms with van der Waals surface area (Å²) in [6.45, 7) is -0.219. The smallest absolute Gasteiger partial charge is 0.232 e. The molecule has 0 saturated heterocycles. The number of hydrogen-bond donors (Lipinski definition) is 1. The summed E-state index contributed by atoms with van der Waals surface area (Å²) >= 11 is 1.17. The maximum Gasteiger partial charge on any atom is 0.232 e. The molecule has 1 N–H and O–H groups in total. The normalized spacial score (nSPS) is 11.3. The van der Waals surface area contributed by atoms with Gasteiger partial charge in [0.2, 0.25) is 11.7 Å². The molecule has 4 rings (SSSR count). The molecule has 0 amide bonds. The molecule has 0 bridgehead atoms. The van der Waals surface area contributed by atoms with Crippen molar-refractivity contribution in [3.8, 4) is 22.2 Å². The van der Waals surface area contributed by atoms with Crippen molar-refractivity contribution in [1.29, 1.82) is 0 Å². The van der Waals surface area contributed by atoms with E-state index in [2.05, 4.69) is 15.0 Å². The Balaban J connectivity index is 2.00. The minimum Gasteiger partial charge on any atom is -0.494 e.